The molecule has 0 bridgehead atoms. The smallest absolute Gasteiger partial charge is 0.408 e. The summed E-state index contributed by atoms with van der Waals surface area (Å²) in [5.74, 6) is -2.22. The molecule has 0 aromatic rings. The number of hydrogen-bond acceptors (Lipinski definition) is 6. The number of hydrogen-bond donors (Lipinski definition) is 3. The standard InChI is InChI=1S/C11H17NO7/c1-11(2,3)19-10(17)12-5-4-6(13)18-8(5)7(14)9(15)16/h5,7-8,14H,4H2,1-3H3,(H,12,17)(H,15,16)/t5-,7-,8-/m0/s1. The Hall–Kier alpha value is -1.83. The van der Waals surface area contributed by atoms with Crippen LogP contribution in [0.4, 0.5) is 4.79 Å². The highest BCUT2D eigenvalue weighted by atomic mass is 16.6. The molecule has 1 amide bonds. The van der Waals surface area contributed by atoms with Gasteiger partial charge in [-0.1, -0.05) is 0 Å². The summed E-state index contributed by atoms with van der Waals surface area (Å²) >= 11 is 0. The highest BCUT2D eigenvalue weighted by molar-refractivity contribution is 5.79. The normalized spacial score (nSPS) is 24.5. The van der Waals surface area contributed by atoms with Crippen LogP contribution in [0.3, 0.4) is 0 Å². The number of aliphatic carboxylic acids is 1. The second-order valence-corrected chi connectivity index (χ2v) is 5.19. The van der Waals surface area contributed by atoms with Crippen molar-refractivity contribution < 1.29 is 34.1 Å². The van der Waals surface area contributed by atoms with Gasteiger partial charge < -0.3 is 25.0 Å². The number of rotatable bonds is 3. The largest absolute Gasteiger partial charge is 0.479 e. The summed E-state index contributed by atoms with van der Waals surface area (Å²) in [5, 5.41) is 20.4. The Labute approximate surface area is 109 Å². The third kappa shape index (κ3) is 4.40. The van der Waals surface area contributed by atoms with Crippen LogP contribution in [-0.2, 0) is 19.1 Å². The van der Waals surface area contributed by atoms with Crippen LogP contribution in [0.5, 0.6) is 0 Å². The van der Waals surface area contributed by atoms with Crippen LogP contribution in [0.1, 0.15) is 27.2 Å². The molecule has 1 heterocycles. The van der Waals surface area contributed by atoms with Crippen molar-refractivity contribution in [2.75, 3.05) is 0 Å². The third-order valence-electron chi connectivity index (χ3n) is 2.32. The van der Waals surface area contributed by atoms with E-state index in [0.29, 0.717) is 0 Å². The molecular weight excluding hydrogens is 258 g/mol. The molecule has 0 aromatic carbocycles. The number of carboxylic acids is 1. The van der Waals surface area contributed by atoms with E-state index in [-0.39, 0.29) is 6.42 Å². The summed E-state index contributed by atoms with van der Waals surface area (Å²) in [7, 11) is 0. The van der Waals surface area contributed by atoms with Crippen molar-refractivity contribution in [3.8, 4) is 0 Å². The molecule has 1 fully saturated rings. The van der Waals surface area contributed by atoms with Crippen LogP contribution in [0.2, 0.25) is 0 Å². The minimum absolute atomic E-state index is 0.214. The van der Waals surface area contributed by atoms with Crippen molar-refractivity contribution in [1.29, 1.82) is 0 Å². The van der Waals surface area contributed by atoms with Crippen molar-refractivity contribution in [2.24, 2.45) is 0 Å². The molecule has 0 saturated carbocycles. The number of esters is 1. The highest BCUT2D eigenvalue weighted by Crippen LogP contribution is 2.19. The van der Waals surface area contributed by atoms with Crippen LogP contribution < -0.4 is 5.32 Å². The van der Waals surface area contributed by atoms with E-state index in [1.54, 1.807) is 20.8 Å². The van der Waals surface area contributed by atoms with E-state index >= 15 is 0 Å². The molecular formula is C11H17NO7. The van der Waals surface area contributed by atoms with E-state index in [9.17, 15) is 19.5 Å². The van der Waals surface area contributed by atoms with Gasteiger partial charge in [-0.15, -0.1) is 0 Å². The average molecular weight is 275 g/mol. The van der Waals surface area contributed by atoms with E-state index in [2.05, 4.69) is 10.1 Å². The Morgan fingerprint density at radius 2 is 2.05 bits per heavy atom. The molecule has 0 unspecified atom stereocenters. The maximum atomic E-state index is 11.5. The molecule has 1 aliphatic rings. The number of carboxylic acid groups (broad SMARTS) is 1. The summed E-state index contributed by atoms with van der Waals surface area (Å²) in [4.78, 5) is 33.3. The number of aliphatic hydroxyl groups excluding tert-OH is 1. The first kappa shape index (κ1) is 15.2. The van der Waals surface area contributed by atoms with Crippen molar-refractivity contribution in [2.45, 2.75) is 51.0 Å². The number of ether oxygens (including phenoxy) is 2. The molecule has 0 radical (unpaired) electrons. The number of carbonyl (C=O) groups excluding carboxylic acids is 2. The van der Waals surface area contributed by atoms with Gasteiger partial charge in [0.25, 0.3) is 0 Å². The van der Waals surface area contributed by atoms with Gasteiger partial charge >= 0.3 is 18.0 Å². The molecule has 1 rings (SSSR count). The summed E-state index contributed by atoms with van der Waals surface area (Å²) in [5.41, 5.74) is -0.728. The minimum atomic E-state index is -1.90. The molecule has 19 heavy (non-hydrogen) atoms. The number of cyclic esters (lactones) is 1. The molecule has 1 aliphatic heterocycles. The van der Waals surface area contributed by atoms with Crippen LogP contribution in [0.25, 0.3) is 0 Å². The van der Waals surface area contributed by atoms with Crippen LogP contribution >= 0.6 is 0 Å². The highest BCUT2D eigenvalue weighted by Gasteiger charge is 2.43. The van der Waals surface area contributed by atoms with Gasteiger partial charge in [0.2, 0.25) is 0 Å². The number of alkyl carbamates (subject to hydrolysis) is 1. The Bertz CT molecular complexity index is 387. The van der Waals surface area contributed by atoms with E-state index in [0.717, 1.165) is 0 Å². The Morgan fingerprint density at radius 3 is 2.53 bits per heavy atom. The SMILES string of the molecule is CC(C)(C)OC(=O)N[C@H]1CC(=O)O[C@@H]1[C@H](O)C(=O)O. The maximum Gasteiger partial charge on any atom is 0.408 e. The van der Waals surface area contributed by atoms with Crippen LogP contribution in [-0.4, -0.2) is 52.1 Å². The predicted molar refractivity (Wildman–Crippen MR) is 61.3 cm³/mol. The van der Waals surface area contributed by atoms with Gasteiger partial charge in [-0.2, -0.15) is 0 Å². The van der Waals surface area contributed by atoms with Gasteiger partial charge in [-0.05, 0) is 20.8 Å². The lowest BCUT2D eigenvalue weighted by molar-refractivity contribution is -0.159. The van der Waals surface area contributed by atoms with Crippen molar-refractivity contribution in [3.63, 3.8) is 0 Å². The van der Waals surface area contributed by atoms with Gasteiger partial charge in [-0.3, -0.25) is 4.79 Å². The Morgan fingerprint density at radius 1 is 1.47 bits per heavy atom. The van der Waals surface area contributed by atoms with Gasteiger partial charge in [0.05, 0.1) is 12.5 Å². The van der Waals surface area contributed by atoms with Crippen molar-refractivity contribution in [1.82, 2.24) is 5.32 Å². The number of nitrogens with one attached hydrogen (secondary N) is 1. The zero-order valence-corrected chi connectivity index (χ0v) is 10.9. The van der Waals surface area contributed by atoms with Gasteiger partial charge in [0.15, 0.2) is 12.2 Å². The molecule has 1 saturated heterocycles. The summed E-state index contributed by atoms with van der Waals surface area (Å²) in [6, 6.07) is -0.937. The quantitative estimate of drug-likeness (QED) is 0.601. The summed E-state index contributed by atoms with van der Waals surface area (Å²) in [6.07, 6.45) is -4.24. The molecule has 0 spiro atoms. The fourth-order valence-electron chi connectivity index (χ4n) is 1.59. The number of aliphatic hydroxyl groups is 1. The van der Waals surface area contributed by atoms with Gasteiger partial charge in [0.1, 0.15) is 5.60 Å². The molecule has 3 N–H and O–H groups in total. The topological polar surface area (TPSA) is 122 Å². The molecule has 8 heteroatoms. The summed E-state index contributed by atoms with van der Waals surface area (Å²) < 4.78 is 9.67. The third-order valence-corrected chi connectivity index (χ3v) is 2.32. The Balaban J connectivity index is 2.67. The fraction of sp³-hybridized carbons (Fsp3) is 0.727. The number of carbonyl (C=O) groups is 3. The molecule has 0 aromatic heterocycles. The van der Waals surface area contributed by atoms with E-state index < -0.39 is 41.9 Å². The average Bonchev–Trinajstić information content (AvgIpc) is 2.54. The fourth-order valence-corrected chi connectivity index (χ4v) is 1.59. The minimum Gasteiger partial charge on any atom is -0.479 e. The van der Waals surface area contributed by atoms with Gasteiger partial charge in [0, 0.05) is 0 Å². The molecule has 108 valence electrons. The van der Waals surface area contributed by atoms with Crippen LogP contribution in [0, 0.1) is 0 Å². The predicted octanol–water partition coefficient (Wildman–Crippen LogP) is -0.359. The Kier molecular flexibility index (Phi) is 4.35. The first-order chi connectivity index (χ1) is 8.60. The lowest BCUT2D eigenvalue weighted by Crippen LogP contribution is -2.49. The van der Waals surface area contributed by atoms with Gasteiger partial charge in [-0.25, -0.2) is 9.59 Å². The lowest BCUT2D eigenvalue weighted by atomic mass is 10.1. The monoisotopic (exact) mass is 275 g/mol. The van der Waals surface area contributed by atoms with Crippen LogP contribution in [0.15, 0.2) is 0 Å². The maximum absolute atomic E-state index is 11.5. The van der Waals surface area contributed by atoms with E-state index in [1.807, 2.05) is 0 Å². The second-order valence-electron chi connectivity index (χ2n) is 5.19. The second kappa shape index (κ2) is 5.43. The molecule has 0 aliphatic carbocycles. The molecule has 3 atom stereocenters. The lowest BCUT2D eigenvalue weighted by Gasteiger charge is -2.24. The zero-order valence-electron chi connectivity index (χ0n) is 10.9. The molecule has 8 nitrogen and oxygen atoms in total. The summed E-state index contributed by atoms with van der Waals surface area (Å²) in [6.45, 7) is 4.98. The number of amides is 1. The van der Waals surface area contributed by atoms with E-state index in [1.165, 1.54) is 0 Å². The first-order valence-electron chi connectivity index (χ1n) is 5.70. The zero-order chi connectivity index (χ0) is 14.8. The van der Waals surface area contributed by atoms with Crippen molar-refractivity contribution in [3.05, 3.63) is 0 Å². The first-order valence-corrected chi connectivity index (χ1v) is 5.70. The van der Waals surface area contributed by atoms with Crippen molar-refractivity contribution >= 4 is 18.0 Å². The van der Waals surface area contributed by atoms with E-state index in [4.69, 9.17) is 9.84 Å².